The third-order valence-corrected chi connectivity index (χ3v) is 6.82. The molecule has 0 radical (unpaired) electrons. The number of fused-ring (bicyclic) bond motifs is 1. The second kappa shape index (κ2) is 11.4. The van der Waals surface area contributed by atoms with Gasteiger partial charge in [0.1, 0.15) is 17.3 Å². The van der Waals surface area contributed by atoms with Crippen LogP contribution in [-0.2, 0) is 4.79 Å². The molecule has 1 aromatic heterocycles. The summed E-state index contributed by atoms with van der Waals surface area (Å²) in [5.74, 6) is 5.60. The molecule has 8 heteroatoms. The minimum Gasteiger partial charge on any atom is -0.472 e. The highest BCUT2D eigenvalue weighted by Crippen LogP contribution is 2.29. The number of hydrogen-bond acceptors (Lipinski definition) is 6. The Morgan fingerprint density at radius 2 is 2.03 bits per heavy atom. The fraction of sp³-hybridized carbons (Fsp3) is 0.667. The van der Waals surface area contributed by atoms with Gasteiger partial charge in [-0.15, -0.1) is 0 Å². The third kappa shape index (κ3) is 6.96. The van der Waals surface area contributed by atoms with Crippen LogP contribution in [-0.4, -0.2) is 81.3 Å². The van der Waals surface area contributed by atoms with Gasteiger partial charge in [-0.1, -0.05) is 38.0 Å². The van der Waals surface area contributed by atoms with Crippen molar-refractivity contribution in [1.82, 2.24) is 14.8 Å². The van der Waals surface area contributed by atoms with Crippen LogP contribution in [0.5, 0.6) is 5.88 Å². The van der Waals surface area contributed by atoms with Crippen molar-refractivity contribution < 1.29 is 24.5 Å². The number of carbonyl (C=O) groups is 2. The molecule has 1 aliphatic carbocycles. The lowest BCUT2D eigenvalue weighted by Gasteiger charge is -2.38. The van der Waals surface area contributed by atoms with Crippen molar-refractivity contribution in [3.05, 3.63) is 23.4 Å². The van der Waals surface area contributed by atoms with Crippen LogP contribution in [0.15, 0.2) is 12.3 Å². The van der Waals surface area contributed by atoms with Gasteiger partial charge in [-0.05, 0) is 39.7 Å². The van der Waals surface area contributed by atoms with Gasteiger partial charge in [-0.2, -0.15) is 0 Å². The fourth-order valence-electron chi connectivity index (χ4n) is 4.63. The zero-order valence-electron chi connectivity index (χ0n) is 21.6. The summed E-state index contributed by atoms with van der Waals surface area (Å²) < 4.78 is 6.28. The van der Waals surface area contributed by atoms with Crippen molar-refractivity contribution >= 4 is 11.8 Å². The Bertz CT molecular complexity index is 971. The van der Waals surface area contributed by atoms with E-state index in [1.165, 1.54) is 12.6 Å². The van der Waals surface area contributed by atoms with Crippen LogP contribution in [0.2, 0.25) is 0 Å². The maximum atomic E-state index is 13.5. The molecule has 0 saturated heterocycles. The van der Waals surface area contributed by atoms with E-state index in [4.69, 9.17) is 4.74 Å². The first kappa shape index (κ1) is 27.0. The first-order valence-electron chi connectivity index (χ1n) is 12.6. The van der Waals surface area contributed by atoms with E-state index in [1.807, 2.05) is 14.0 Å². The van der Waals surface area contributed by atoms with Gasteiger partial charge in [-0.25, -0.2) is 4.98 Å². The van der Waals surface area contributed by atoms with Crippen LogP contribution >= 0.6 is 0 Å². The van der Waals surface area contributed by atoms with Crippen molar-refractivity contribution in [1.29, 1.82) is 0 Å². The van der Waals surface area contributed by atoms with E-state index >= 15 is 0 Å². The van der Waals surface area contributed by atoms with E-state index in [-0.39, 0.29) is 47.8 Å². The van der Waals surface area contributed by atoms with Gasteiger partial charge in [0.25, 0.3) is 5.91 Å². The standard InChI is InChI=1S/C27H39N3O5/c1-18-15-30(19(2)17-31)26(33)22-13-20(11-12-27(3,4)34)14-28-24(22)35-23(18)16-29(5)25(32)21-9-7-6-8-10-21/h13-14,18-19,21,23,31,34H,6-10,15-17H2,1-5H3/t18-,19-,23+/m0/s1. The average Bonchev–Trinajstić information content (AvgIpc) is 2.84. The molecular formula is C27H39N3O5. The van der Waals surface area contributed by atoms with E-state index in [9.17, 15) is 19.8 Å². The van der Waals surface area contributed by atoms with E-state index in [0.717, 1.165) is 25.7 Å². The normalized spacial score (nSPS) is 22.1. The molecule has 0 spiro atoms. The number of carbonyl (C=O) groups excluding carboxylic acids is 2. The van der Waals surface area contributed by atoms with Crippen molar-refractivity contribution in [2.24, 2.45) is 11.8 Å². The lowest BCUT2D eigenvalue weighted by molar-refractivity contribution is -0.136. The fourth-order valence-corrected chi connectivity index (χ4v) is 4.63. The second-order valence-electron chi connectivity index (χ2n) is 10.6. The summed E-state index contributed by atoms with van der Waals surface area (Å²) in [6.07, 6.45) is 6.37. The smallest absolute Gasteiger partial charge is 0.259 e. The van der Waals surface area contributed by atoms with Crippen LogP contribution in [0.3, 0.4) is 0 Å². The number of amides is 2. The van der Waals surface area contributed by atoms with E-state index < -0.39 is 11.6 Å². The summed E-state index contributed by atoms with van der Waals surface area (Å²) in [4.78, 5) is 34.3. The first-order chi connectivity index (χ1) is 16.5. The summed E-state index contributed by atoms with van der Waals surface area (Å²) in [7, 11) is 1.81. The number of ether oxygens (including phenoxy) is 1. The Kier molecular flexibility index (Phi) is 8.79. The number of aliphatic hydroxyl groups excluding tert-OH is 1. The molecule has 1 aliphatic heterocycles. The largest absolute Gasteiger partial charge is 0.472 e. The van der Waals surface area contributed by atoms with Gasteiger partial charge in [-0.3, -0.25) is 9.59 Å². The molecular weight excluding hydrogens is 446 g/mol. The quantitative estimate of drug-likeness (QED) is 0.621. The van der Waals surface area contributed by atoms with Crippen molar-refractivity contribution in [3.63, 3.8) is 0 Å². The SMILES string of the molecule is C[C@H]1CN([C@@H](C)CO)C(=O)c2cc(C#CC(C)(C)O)cnc2O[C@@H]1CN(C)C(=O)C1CCCCC1. The number of aromatic nitrogens is 1. The van der Waals surface area contributed by atoms with Crippen LogP contribution < -0.4 is 4.74 Å². The molecule has 8 nitrogen and oxygen atoms in total. The summed E-state index contributed by atoms with van der Waals surface area (Å²) in [5, 5.41) is 19.7. The van der Waals surface area contributed by atoms with Gasteiger partial charge in [0.05, 0.1) is 19.2 Å². The van der Waals surface area contributed by atoms with E-state index in [0.29, 0.717) is 18.7 Å². The van der Waals surface area contributed by atoms with Crippen LogP contribution in [0.1, 0.15) is 75.7 Å². The summed E-state index contributed by atoms with van der Waals surface area (Å²) in [6.45, 7) is 7.52. The lowest BCUT2D eigenvalue weighted by atomic mass is 9.88. The maximum Gasteiger partial charge on any atom is 0.259 e. The van der Waals surface area contributed by atoms with Gasteiger partial charge >= 0.3 is 0 Å². The highest BCUT2D eigenvalue weighted by Gasteiger charge is 2.35. The number of likely N-dealkylation sites (N-methyl/N-ethyl adjacent to an activating group) is 1. The predicted octanol–water partition coefficient (Wildman–Crippen LogP) is 2.46. The highest BCUT2D eigenvalue weighted by molar-refractivity contribution is 5.97. The lowest BCUT2D eigenvalue weighted by Crippen LogP contribution is -2.51. The van der Waals surface area contributed by atoms with E-state index in [1.54, 1.807) is 36.6 Å². The molecule has 2 amide bonds. The summed E-state index contributed by atoms with van der Waals surface area (Å²) in [6, 6.07) is 1.22. The Hall–Kier alpha value is -2.63. The monoisotopic (exact) mass is 485 g/mol. The number of pyridine rings is 1. The van der Waals surface area contributed by atoms with Gasteiger partial charge < -0.3 is 24.7 Å². The molecule has 35 heavy (non-hydrogen) atoms. The Morgan fingerprint density at radius 3 is 2.66 bits per heavy atom. The molecule has 1 fully saturated rings. The molecule has 0 aromatic carbocycles. The predicted molar refractivity (Wildman–Crippen MR) is 133 cm³/mol. The highest BCUT2D eigenvalue weighted by atomic mass is 16.5. The molecule has 1 saturated carbocycles. The summed E-state index contributed by atoms with van der Waals surface area (Å²) in [5.41, 5.74) is -0.446. The van der Waals surface area contributed by atoms with Crippen LogP contribution in [0, 0.1) is 23.7 Å². The van der Waals surface area contributed by atoms with Crippen molar-refractivity contribution in [2.45, 2.75) is 77.5 Å². The first-order valence-corrected chi connectivity index (χ1v) is 12.6. The Morgan fingerprint density at radius 1 is 1.34 bits per heavy atom. The van der Waals surface area contributed by atoms with Crippen molar-refractivity contribution in [2.75, 3.05) is 26.7 Å². The number of hydrogen-bond donors (Lipinski definition) is 2. The molecule has 1 aromatic rings. The second-order valence-corrected chi connectivity index (χ2v) is 10.6. The Balaban J connectivity index is 1.91. The number of rotatable bonds is 5. The molecule has 2 aliphatic rings. The van der Waals surface area contributed by atoms with Gasteiger partial charge in [0.15, 0.2) is 0 Å². The minimum absolute atomic E-state index is 0.0624. The van der Waals surface area contributed by atoms with Crippen LogP contribution in [0.4, 0.5) is 0 Å². The topological polar surface area (TPSA) is 103 Å². The Labute approximate surface area is 208 Å². The molecule has 0 bridgehead atoms. The molecule has 2 N–H and O–H groups in total. The zero-order chi connectivity index (χ0) is 25.8. The minimum atomic E-state index is -1.18. The average molecular weight is 486 g/mol. The number of aliphatic hydroxyl groups is 2. The van der Waals surface area contributed by atoms with Crippen LogP contribution in [0.25, 0.3) is 0 Å². The summed E-state index contributed by atoms with van der Waals surface area (Å²) >= 11 is 0. The molecule has 3 rings (SSSR count). The van der Waals surface area contributed by atoms with Gasteiger partial charge in [0, 0.05) is 37.2 Å². The third-order valence-electron chi connectivity index (χ3n) is 6.82. The van der Waals surface area contributed by atoms with E-state index in [2.05, 4.69) is 16.8 Å². The number of nitrogens with zero attached hydrogens (tertiary/aromatic N) is 3. The molecule has 192 valence electrons. The molecule has 2 heterocycles. The van der Waals surface area contributed by atoms with Gasteiger partial charge in [0.2, 0.25) is 11.8 Å². The molecule has 0 unspecified atom stereocenters. The maximum absolute atomic E-state index is 13.5. The molecule has 3 atom stereocenters. The van der Waals surface area contributed by atoms with Crippen molar-refractivity contribution in [3.8, 4) is 17.7 Å². The zero-order valence-corrected chi connectivity index (χ0v) is 21.6.